The maximum absolute atomic E-state index is 11.8. The highest BCUT2D eigenvalue weighted by Crippen LogP contribution is 2.23. The highest BCUT2D eigenvalue weighted by atomic mass is 16.7. The van der Waals surface area contributed by atoms with E-state index in [1.165, 1.54) is 0 Å². The van der Waals surface area contributed by atoms with Crippen LogP contribution in [0.1, 0.15) is 40.2 Å². The number of carbonyl (C=O) groups is 2. The van der Waals surface area contributed by atoms with Crippen LogP contribution in [0.2, 0.25) is 0 Å². The molecule has 1 aliphatic heterocycles. The summed E-state index contributed by atoms with van der Waals surface area (Å²) in [5, 5.41) is 11.6. The number of rotatable bonds is 9. The van der Waals surface area contributed by atoms with Gasteiger partial charge in [0.1, 0.15) is 24.1 Å². The largest absolute Gasteiger partial charge is 0.491 e. The minimum Gasteiger partial charge on any atom is -0.491 e. The molecule has 0 aromatic heterocycles. The molecular weight excluding hydrogens is 394 g/mol. The molecule has 2 atom stereocenters. The first kappa shape index (κ1) is 23.9. The molecule has 2 unspecified atom stereocenters. The molecule has 0 spiro atoms. The summed E-state index contributed by atoms with van der Waals surface area (Å²) in [6, 6.07) is 6.05. The second-order valence-corrected chi connectivity index (χ2v) is 8.46. The third-order valence-corrected chi connectivity index (χ3v) is 3.94. The van der Waals surface area contributed by atoms with Crippen molar-refractivity contribution < 1.29 is 38.4 Å². The van der Waals surface area contributed by atoms with E-state index < -0.39 is 29.5 Å². The Labute approximate surface area is 176 Å². The summed E-state index contributed by atoms with van der Waals surface area (Å²) in [6.45, 7) is 9.57. The SMILES string of the molecule is CC(C)(C)OC(=O)NC(COCc1cccc(OCC2COC(C)(C)O2)c1)C(=O)O. The normalized spacial score (nSPS) is 19.2. The predicted molar refractivity (Wildman–Crippen MR) is 107 cm³/mol. The van der Waals surface area contributed by atoms with Crippen LogP contribution in [0.5, 0.6) is 5.75 Å². The van der Waals surface area contributed by atoms with Gasteiger partial charge in [0, 0.05) is 0 Å². The molecule has 9 heteroatoms. The summed E-state index contributed by atoms with van der Waals surface area (Å²) < 4.78 is 27.5. The maximum atomic E-state index is 11.8. The van der Waals surface area contributed by atoms with Crippen LogP contribution in [0.25, 0.3) is 0 Å². The number of nitrogens with one attached hydrogen (secondary N) is 1. The molecular formula is C21H31NO8. The fraction of sp³-hybridized carbons (Fsp3) is 0.619. The lowest BCUT2D eigenvalue weighted by molar-refractivity contribution is -0.142. The van der Waals surface area contributed by atoms with Gasteiger partial charge in [-0.2, -0.15) is 0 Å². The van der Waals surface area contributed by atoms with E-state index in [1.807, 2.05) is 32.0 Å². The van der Waals surface area contributed by atoms with Crippen molar-refractivity contribution in [2.24, 2.45) is 0 Å². The van der Waals surface area contributed by atoms with Gasteiger partial charge in [-0.25, -0.2) is 9.59 Å². The minimum absolute atomic E-state index is 0.143. The molecule has 30 heavy (non-hydrogen) atoms. The zero-order chi connectivity index (χ0) is 22.4. The molecule has 9 nitrogen and oxygen atoms in total. The average molecular weight is 425 g/mol. The van der Waals surface area contributed by atoms with Crippen molar-refractivity contribution >= 4 is 12.1 Å². The summed E-state index contributed by atoms with van der Waals surface area (Å²) in [7, 11) is 0. The molecule has 0 radical (unpaired) electrons. The standard InChI is InChI=1S/C21H31NO8/c1-20(2,3)30-19(25)22-17(18(23)24)13-26-10-14-7-6-8-15(9-14)27-11-16-12-28-21(4,5)29-16/h6-9,16-17H,10-13H2,1-5H3,(H,22,25)(H,23,24). The van der Waals surface area contributed by atoms with Crippen molar-refractivity contribution in [1.82, 2.24) is 5.32 Å². The summed E-state index contributed by atoms with van der Waals surface area (Å²) in [5.41, 5.74) is 0.0812. The van der Waals surface area contributed by atoms with Crippen molar-refractivity contribution in [3.8, 4) is 5.75 Å². The van der Waals surface area contributed by atoms with Crippen molar-refractivity contribution in [3.05, 3.63) is 29.8 Å². The van der Waals surface area contributed by atoms with E-state index in [0.717, 1.165) is 5.56 Å². The molecule has 0 bridgehead atoms. The van der Waals surface area contributed by atoms with Gasteiger partial charge < -0.3 is 34.1 Å². The molecule has 1 heterocycles. The Bertz CT molecular complexity index is 728. The molecule has 0 saturated carbocycles. The van der Waals surface area contributed by atoms with Crippen molar-refractivity contribution in [2.45, 2.75) is 64.8 Å². The number of amides is 1. The van der Waals surface area contributed by atoms with Crippen LogP contribution >= 0.6 is 0 Å². The highest BCUT2D eigenvalue weighted by molar-refractivity contribution is 5.80. The summed E-state index contributed by atoms with van der Waals surface area (Å²) in [5.74, 6) is -1.16. The van der Waals surface area contributed by atoms with Crippen LogP contribution in [0, 0.1) is 0 Å². The van der Waals surface area contributed by atoms with E-state index in [9.17, 15) is 14.7 Å². The zero-order valence-corrected chi connectivity index (χ0v) is 18.1. The first-order chi connectivity index (χ1) is 13.9. The van der Waals surface area contributed by atoms with Gasteiger partial charge in [0.05, 0.1) is 19.8 Å². The Kier molecular flexibility index (Phi) is 8.05. The van der Waals surface area contributed by atoms with Crippen LogP contribution < -0.4 is 10.1 Å². The number of alkyl carbamates (subject to hydrolysis) is 1. The van der Waals surface area contributed by atoms with Crippen molar-refractivity contribution in [2.75, 3.05) is 19.8 Å². The fourth-order valence-corrected chi connectivity index (χ4v) is 2.68. The molecule has 1 aromatic carbocycles. The number of hydrogen-bond acceptors (Lipinski definition) is 7. The van der Waals surface area contributed by atoms with E-state index in [1.54, 1.807) is 26.8 Å². The Balaban J connectivity index is 1.79. The number of carboxylic acid groups (broad SMARTS) is 1. The molecule has 1 aromatic rings. The molecule has 0 aliphatic carbocycles. The summed E-state index contributed by atoms with van der Waals surface area (Å²) in [4.78, 5) is 23.1. The molecule has 168 valence electrons. The van der Waals surface area contributed by atoms with Crippen LogP contribution in [0.4, 0.5) is 4.79 Å². The third-order valence-electron chi connectivity index (χ3n) is 3.94. The first-order valence-corrected chi connectivity index (χ1v) is 9.77. The van der Waals surface area contributed by atoms with Crippen molar-refractivity contribution in [1.29, 1.82) is 0 Å². The lowest BCUT2D eigenvalue weighted by atomic mass is 10.2. The Morgan fingerprint density at radius 3 is 2.67 bits per heavy atom. The summed E-state index contributed by atoms with van der Waals surface area (Å²) in [6.07, 6.45) is -0.953. The average Bonchev–Trinajstić information content (AvgIpc) is 2.97. The van der Waals surface area contributed by atoms with Gasteiger partial charge in [-0.05, 0) is 52.3 Å². The monoisotopic (exact) mass is 425 g/mol. The first-order valence-electron chi connectivity index (χ1n) is 9.77. The van der Waals surface area contributed by atoms with Crippen LogP contribution in [-0.2, 0) is 30.3 Å². The quantitative estimate of drug-likeness (QED) is 0.621. The number of carboxylic acids is 1. The lowest BCUT2D eigenvalue weighted by Crippen LogP contribution is -2.46. The van der Waals surface area contributed by atoms with Gasteiger partial charge in [-0.3, -0.25) is 0 Å². The van der Waals surface area contributed by atoms with Crippen LogP contribution in [0.3, 0.4) is 0 Å². The van der Waals surface area contributed by atoms with Crippen LogP contribution in [-0.4, -0.2) is 60.5 Å². The number of carbonyl (C=O) groups excluding carboxylic acids is 1. The molecule has 1 amide bonds. The summed E-state index contributed by atoms with van der Waals surface area (Å²) >= 11 is 0. The highest BCUT2D eigenvalue weighted by Gasteiger charge is 2.33. The molecule has 2 rings (SSSR count). The number of aliphatic carboxylic acids is 1. The van der Waals surface area contributed by atoms with Gasteiger partial charge >= 0.3 is 12.1 Å². The Morgan fingerprint density at radius 1 is 1.33 bits per heavy atom. The van der Waals surface area contributed by atoms with Crippen LogP contribution in [0.15, 0.2) is 24.3 Å². The topological polar surface area (TPSA) is 113 Å². The third kappa shape index (κ3) is 8.56. The second-order valence-electron chi connectivity index (χ2n) is 8.46. The zero-order valence-electron chi connectivity index (χ0n) is 18.1. The lowest BCUT2D eigenvalue weighted by Gasteiger charge is -2.22. The van der Waals surface area contributed by atoms with E-state index in [-0.39, 0.29) is 19.3 Å². The second kappa shape index (κ2) is 10.1. The van der Waals surface area contributed by atoms with Gasteiger partial charge in [-0.1, -0.05) is 12.1 Å². The maximum Gasteiger partial charge on any atom is 0.408 e. The fourth-order valence-electron chi connectivity index (χ4n) is 2.68. The van der Waals surface area contributed by atoms with Gasteiger partial charge in [0.25, 0.3) is 0 Å². The predicted octanol–water partition coefficient (Wildman–Crippen LogP) is 2.71. The van der Waals surface area contributed by atoms with Gasteiger partial charge in [-0.15, -0.1) is 0 Å². The number of ether oxygens (including phenoxy) is 5. The molecule has 1 aliphatic rings. The minimum atomic E-state index is -1.22. The molecule has 1 saturated heterocycles. The van der Waals surface area contributed by atoms with Gasteiger partial charge in [0.2, 0.25) is 0 Å². The number of benzene rings is 1. The number of hydrogen-bond donors (Lipinski definition) is 2. The Morgan fingerprint density at radius 2 is 2.07 bits per heavy atom. The van der Waals surface area contributed by atoms with E-state index in [0.29, 0.717) is 19.0 Å². The molecule has 1 fully saturated rings. The van der Waals surface area contributed by atoms with E-state index in [2.05, 4.69) is 5.32 Å². The smallest absolute Gasteiger partial charge is 0.408 e. The van der Waals surface area contributed by atoms with Gasteiger partial charge in [0.15, 0.2) is 11.8 Å². The molecule has 2 N–H and O–H groups in total. The van der Waals surface area contributed by atoms with Crippen molar-refractivity contribution in [3.63, 3.8) is 0 Å². The van der Waals surface area contributed by atoms with E-state index >= 15 is 0 Å². The van der Waals surface area contributed by atoms with E-state index in [4.69, 9.17) is 23.7 Å². The Hall–Kier alpha value is -2.36.